The van der Waals surface area contributed by atoms with Crippen molar-refractivity contribution in [3.8, 4) is 0 Å². The Morgan fingerprint density at radius 1 is 1.57 bits per heavy atom. The van der Waals surface area contributed by atoms with Gasteiger partial charge >= 0.3 is 0 Å². The molecule has 14 heavy (non-hydrogen) atoms. The summed E-state index contributed by atoms with van der Waals surface area (Å²) >= 11 is 3.29. The Balaban J connectivity index is 0.000000980. The van der Waals surface area contributed by atoms with Gasteiger partial charge in [-0.25, -0.2) is 4.98 Å². The normalized spacial score (nSPS) is 27.0. The second-order valence-corrected chi connectivity index (χ2v) is 4.40. The zero-order chi connectivity index (χ0) is 9.26. The smallest absolute Gasteiger partial charge is 0.199 e. The van der Waals surface area contributed by atoms with Gasteiger partial charge in [0, 0.05) is 18.5 Å². The molecule has 0 spiro atoms. The van der Waals surface area contributed by atoms with E-state index < -0.39 is 0 Å². The minimum absolute atomic E-state index is 0. The third-order valence-corrected chi connectivity index (χ3v) is 2.87. The van der Waals surface area contributed by atoms with Crippen LogP contribution in [0.2, 0.25) is 0 Å². The molecule has 0 radical (unpaired) electrons. The first-order valence-corrected chi connectivity index (χ1v) is 5.39. The minimum atomic E-state index is 0. The van der Waals surface area contributed by atoms with Crippen molar-refractivity contribution in [2.75, 3.05) is 6.54 Å². The third kappa shape index (κ3) is 2.72. The van der Waals surface area contributed by atoms with Gasteiger partial charge in [0.1, 0.15) is 10.9 Å². The van der Waals surface area contributed by atoms with E-state index in [0.29, 0.717) is 12.0 Å². The van der Waals surface area contributed by atoms with Crippen LogP contribution in [0.15, 0.2) is 15.3 Å². The Labute approximate surface area is 98.2 Å². The molecule has 1 aliphatic rings. The Kier molecular flexibility index (Phi) is 4.41. The molecule has 1 fully saturated rings. The summed E-state index contributed by atoms with van der Waals surface area (Å²) in [7, 11) is 0. The molecule has 1 aliphatic heterocycles. The van der Waals surface area contributed by atoms with E-state index in [1.54, 1.807) is 6.26 Å². The number of rotatable bonds is 1. The third-order valence-electron chi connectivity index (χ3n) is 2.50. The first kappa shape index (κ1) is 12.0. The van der Waals surface area contributed by atoms with Crippen molar-refractivity contribution in [2.45, 2.75) is 31.7 Å². The Hall–Kier alpha value is -0.0600. The first-order chi connectivity index (χ1) is 6.25. The van der Waals surface area contributed by atoms with E-state index >= 15 is 0 Å². The number of hydrogen-bond acceptors (Lipinski definition) is 3. The molecule has 1 saturated heterocycles. The maximum absolute atomic E-state index is 5.34. The van der Waals surface area contributed by atoms with Crippen molar-refractivity contribution in [3.05, 3.63) is 16.8 Å². The molecule has 2 atom stereocenters. The van der Waals surface area contributed by atoms with Crippen LogP contribution in [-0.2, 0) is 0 Å². The van der Waals surface area contributed by atoms with E-state index in [0.717, 1.165) is 17.0 Å². The summed E-state index contributed by atoms with van der Waals surface area (Å²) in [5.41, 5.74) is 0. The number of nitrogens with one attached hydrogen (secondary N) is 1. The molecule has 0 aliphatic carbocycles. The minimum Gasteiger partial charge on any atom is -0.447 e. The van der Waals surface area contributed by atoms with Crippen molar-refractivity contribution >= 4 is 28.3 Å². The fourth-order valence-corrected chi connectivity index (χ4v) is 1.93. The van der Waals surface area contributed by atoms with E-state index in [1.807, 2.05) is 0 Å². The number of oxazole rings is 1. The van der Waals surface area contributed by atoms with Gasteiger partial charge in [-0.2, -0.15) is 0 Å². The monoisotopic (exact) mass is 280 g/mol. The van der Waals surface area contributed by atoms with Crippen molar-refractivity contribution in [1.29, 1.82) is 0 Å². The molecule has 0 aromatic carbocycles. The Morgan fingerprint density at radius 3 is 2.86 bits per heavy atom. The second-order valence-electron chi connectivity index (χ2n) is 3.59. The molecule has 1 N–H and O–H groups in total. The zero-order valence-corrected chi connectivity index (χ0v) is 10.4. The summed E-state index contributed by atoms with van der Waals surface area (Å²) in [5, 5.41) is 3.42. The van der Waals surface area contributed by atoms with Gasteiger partial charge in [-0.05, 0) is 35.7 Å². The lowest BCUT2D eigenvalue weighted by Gasteiger charge is -2.25. The van der Waals surface area contributed by atoms with Crippen molar-refractivity contribution in [2.24, 2.45) is 0 Å². The topological polar surface area (TPSA) is 38.1 Å². The lowest BCUT2D eigenvalue weighted by molar-refractivity contribution is 0.335. The van der Waals surface area contributed by atoms with Crippen molar-refractivity contribution in [3.63, 3.8) is 0 Å². The van der Waals surface area contributed by atoms with Crippen LogP contribution >= 0.6 is 28.3 Å². The van der Waals surface area contributed by atoms with Gasteiger partial charge in [-0.15, -0.1) is 12.4 Å². The molecular weight excluding hydrogens is 267 g/mol. The first-order valence-electron chi connectivity index (χ1n) is 4.60. The van der Waals surface area contributed by atoms with Crippen LogP contribution in [0.1, 0.15) is 31.6 Å². The van der Waals surface area contributed by atoms with Crippen molar-refractivity contribution in [1.82, 2.24) is 10.3 Å². The van der Waals surface area contributed by atoms with Crippen LogP contribution in [0, 0.1) is 0 Å². The molecule has 1 unspecified atom stereocenters. The van der Waals surface area contributed by atoms with Crippen LogP contribution < -0.4 is 5.32 Å². The van der Waals surface area contributed by atoms with Gasteiger partial charge in [0.2, 0.25) is 0 Å². The summed E-state index contributed by atoms with van der Waals surface area (Å²) in [6.07, 6.45) is 4.01. The number of nitrogens with zero attached hydrogens (tertiary/aromatic N) is 1. The summed E-state index contributed by atoms with van der Waals surface area (Å²) in [6.45, 7) is 3.19. The van der Waals surface area contributed by atoms with Gasteiger partial charge in [0.05, 0.1) is 0 Å². The summed E-state index contributed by atoms with van der Waals surface area (Å²) in [5.74, 6) is 1.30. The van der Waals surface area contributed by atoms with Crippen LogP contribution in [0.3, 0.4) is 0 Å². The molecule has 2 heterocycles. The summed E-state index contributed by atoms with van der Waals surface area (Å²) in [6, 6.07) is 0.634. The second kappa shape index (κ2) is 5.14. The van der Waals surface area contributed by atoms with E-state index in [2.05, 4.69) is 33.2 Å². The molecule has 1 aromatic rings. The average Bonchev–Trinajstić information content (AvgIpc) is 2.53. The van der Waals surface area contributed by atoms with Gasteiger partial charge in [0.25, 0.3) is 0 Å². The molecule has 0 amide bonds. The van der Waals surface area contributed by atoms with Gasteiger partial charge in [-0.1, -0.05) is 0 Å². The standard InChI is InChI=1S/C9H13BrN2O.ClH/c1-6-2-3-7(4-11-6)9-12-8(10)5-13-9;/h5-7,11H,2-4H2,1H3;1H/t6-,7?;/m1./s1. The highest BCUT2D eigenvalue weighted by molar-refractivity contribution is 9.10. The highest BCUT2D eigenvalue weighted by Crippen LogP contribution is 2.25. The molecule has 80 valence electrons. The van der Waals surface area contributed by atoms with Gasteiger partial charge in [0.15, 0.2) is 5.89 Å². The quantitative estimate of drug-likeness (QED) is 0.860. The molecule has 0 saturated carbocycles. The molecule has 3 nitrogen and oxygen atoms in total. The highest BCUT2D eigenvalue weighted by atomic mass is 79.9. The maximum Gasteiger partial charge on any atom is 0.199 e. The lowest BCUT2D eigenvalue weighted by Crippen LogP contribution is -2.35. The molecular formula is C9H14BrClN2O. The van der Waals surface area contributed by atoms with Crippen LogP contribution in [-0.4, -0.2) is 17.6 Å². The van der Waals surface area contributed by atoms with Crippen molar-refractivity contribution < 1.29 is 4.42 Å². The average molecular weight is 282 g/mol. The SMILES string of the molecule is C[C@@H]1CCC(c2nc(Br)co2)CN1.Cl. The fraction of sp³-hybridized carbons (Fsp3) is 0.667. The molecule has 2 rings (SSSR count). The van der Waals surface area contributed by atoms with E-state index in [9.17, 15) is 0 Å². The van der Waals surface area contributed by atoms with E-state index in [-0.39, 0.29) is 12.4 Å². The summed E-state index contributed by atoms with van der Waals surface area (Å²) < 4.78 is 6.13. The Morgan fingerprint density at radius 2 is 2.36 bits per heavy atom. The predicted molar refractivity (Wildman–Crippen MR) is 60.9 cm³/mol. The van der Waals surface area contributed by atoms with Gasteiger partial charge < -0.3 is 9.73 Å². The van der Waals surface area contributed by atoms with Gasteiger partial charge in [-0.3, -0.25) is 0 Å². The predicted octanol–water partition coefficient (Wildman–Crippen LogP) is 2.71. The number of hydrogen-bond donors (Lipinski definition) is 1. The molecule has 0 bridgehead atoms. The zero-order valence-electron chi connectivity index (χ0n) is 8.00. The lowest BCUT2D eigenvalue weighted by atomic mass is 9.95. The molecule has 5 heteroatoms. The van der Waals surface area contributed by atoms with Crippen LogP contribution in [0.5, 0.6) is 0 Å². The van der Waals surface area contributed by atoms with Crippen LogP contribution in [0.25, 0.3) is 0 Å². The summed E-state index contributed by atoms with van der Waals surface area (Å²) in [4.78, 5) is 4.27. The number of aromatic nitrogens is 1. The number of piperidine rings is 1. The number of halogens is 2. The van der Waals surface area contributed by atoms with E-state index in [4.69, 9.17) is 4.42 Å². The maximum atomic E-state index is 5.34. The fourth-order valence-electron chi connectivity index (χ4n) is 1.66. The Bertz CT molecular complexity index is 284. The van der Waals surface area contributed by atoms with E-state index in [1.165, 1.54) is 12.8 Å². The largest absolute Gasteiger partial charge is 0.447 e. The molecule has 1 aromatic heterocycles. The highest BCUT2D eigenvalue weighted by Gasteiger charge is 2.22. The van der Waals surface area contributed by atoms with Crippen LogP contribution in [0.4, 0.5) is 0 Å².